The van der Waals surface area contributed by atoms with Crippen LogP contribution in [-0.2, 0) is 6.42 Å². The number of nitrogens with zero attached hydrogens (tertiary/aromatic N) is 3. The normalized spacial score (nSPS) is 16.3. The summed E-state index contributed by atoms with van der Waals surface area (Å²) >= 11 is 0. The topological polar surface area (TPSA) is 42.2 Å². The third kappa shape index (κ3) is 3.68. The van der Waals surface area contributed by atoms with Gasteiger partial charge in [-0.25, -0.2) is 8.78 Å². The van der Waals surface area contributed by atoms with E-state index in [9.17, 15) is 8.78 Å². The standard InChI is InChI=1S/C17H21F2N3O/c1-11(2)16-20-17(23-21-16)22-7-5-12(6-8-22)9-13-3-4-14(18)15(19)10-13/h3-4,10-12H,5-9H2,1-2H3. The van der Waals surface area contributed by atoms with Gasteiger partial charge in [-0.05, 0) is 42.9 Å². The number of benzene rings is 1. The first kappa shape index (κ1) is 15.9. The maximum atomic E-state index is 13.3. The van der Waals surface area contributed by atoms with E-state index in [2.05, 4.69) is 15.0 Å². The zero-order valence-corrected chi connectivity index (χ0v) is 13.4. The minimum absolute atomic E-state index is 0.249. The Hall–Kier alpha value is -1.98. The summed E-state index contributed by atoms with van der Waals surface area (Å²) < 4.78 is 31.6. The monoisotopic (exact) mass is 321 g/mol. The second kappa shape index (κ2) is 6.64. The van der Waals surface area contributed by atoms with Crippen molar-refractivity contribution in [1.29, 1.82) is 0 Å². The van der Waals surface area contributed by atoms with E-state index in [1.54, 1.807) is 6.07 Å². The van der Waals surface area contributed by atoms with Crippen molar-refractivity contribution < 1.29 is 13.3 Å². The Balaban J connectivity index is 1.56. The van der Waals surface area contributed by atoms with E-state index in [1.807, 2.05) is 13.8 Å². The SMILES string of the molecule is CC(C)c1noc(N2CCC(Cc3ccc(F)c(F)c3)CC2)n1. The highest BCUT2D eigenvalue weighted by Crippen LogP contribution is 2.26. The second-order valence-electron chi connectivity index (χ2n) is 6.47. The Morgan fingerprint density at radius 1 is 1.22 bits per heavy atom. The Labute approximate surface area is 134 Å². The lowest BCUT2D eigenvalue weighted by Gasteiger charge is -2.30. The molecule has 1 aliphatic rings. The maximum absolute atomic E-state index is 13.3. The highest BCUT2D eigenvalue weighted by Gasteiger charge is 2.24. The number of hydrogen-bond acceptors (Lipinski definition) is 4. The van der Waals surface area contributed by atoms with Gasteiger partial charge in [-0.3, -0.25) is 0 Å². The molecule has 1 fully saturated rings. The fourth-order valence-corrected chi connectivity index (χ4v) is 2.92. The van der Waals surface area contributed by atoms with Gasteiger partial charge in [-0.2, -0.15) is 4.98 Å². The molecule has 23 heavy (non-hydrogen) atoms. The van der Waals surface area contributed by atoms with Crippen LogP contribution in [0.5, 0.6) is 0 Å². The molecule has 1 aromatic heterocycles. The average Bonchev–Trinajstić information content (AvgIpc) is 3.02. The molecule has 0 spiro atoms. The number of rotatable bonds is 4. The Kier molecular flexibility index (Phi) is 4.59. The maximum Gasteiger partial charge on any atom is 0.324 e. The summed E-state index contributed by atoms with van der Waals surface area (Å²) in [7, 11) is 0. The largest absolute Gasteiger partial charge is 0.324 e. The summed E-state index contributed by atoms with van der Waals surface area (Å²) in [5.41, 5.74) is 0.849. The van der Waals surface area contributed by atoms with Gasteiger partial charge in [0.1, 0.15) is 0 Å². The van der Waals surface area contributed by atoms with Crippen molar-refractivity contribution >= 4 is 6.01 Å². The van der Waals surface area contributed by atoms with Crippen molar-refractivity contribution in [2.24, 2.45) is 5.92 Å². The molecule has 2 aromatic rings. The van der Waals surface area contributed by atoms with Crippen LogP contribution in [0.4, 0.5) is 14.8 Å². The lowest BCUT2D eigenvalue weighted by atomic mass is 9.90. The summed E-state index contributed by atoms with van der Waals surface area (Å²) in [6.07, 6.45) is 2.71. The van der Waals surface area contributed by atoms with E-state index >= 15 is 0 Å². The molecule has 0 unspecified atom stereocenters. The van der Waals surface area contributed by atoms with E-state index in [4.69, 9.17) is 4.52 Å². The highest BCUT2D eigenvalue weighted by molar-refractivity contribution is 5.26. The lowest BCUT2D eigenvalue weighted by molar-refractivity contribution is 0.359. The summed E-state index contributed by atoms with van der Waals surface area (Å²) in [6, 6.07) is 4.75. The van der Waals surface area contributed by atoms with Crippen molar-refractivity contribution in [3.8, 4) is 0 Å². The van der Waals surface area contributed by atoms with Gasteiger partial charge in [-0.15, -0.1) is 0 Å². The van der Waals surface area contributed by atoms with Crippen LogP contribution in [0, 0.1) is 17.6 Å². The van der Waals surface area contributed by atoms with Gasteiger partial charge in [0, 0.05) is 19.0 Å². The van der Waals surface area contributed by atoms with Crippen LogP contribution in [-0.4, -0.2) is 23.2 Å². The number of hydrogen-bond donors (Lipinski definition) is 0. The molecule has 124 valence electrons. The average molecular weight is 321 g/mol. The molecule has 2 heterocycles. The molecular formula is C17H21F2N3O. The van der Waals surface area contributed by atoms with E-state index in [0.717, 1.165) is 43.7 Å². The van der Waals surface area contributed by atoms with E-state index in [-0.39, 0.29) is 5.92 Å². The highest BCUT2D eigenvalue weighted by atomic mass is 19.2. The van der Waals surface area contributed by atoms with Crippen molar-refractivity contribution in [3.63, 3.8) is 0 Å². The van der Waals surface area contributed by atoms with Crippen molar-refractivity contribution in [2.45, 2.75) is 39.0 Å². The molecule has 0 amide bonds. The summed E-state index contributed by atoms with van der Waals surface area (Å²) in [5.74, 6) is -0.126. The van der Waals surface area contributed by atoms with E-state index < -0.39 is 11.6 Å². The van der Waals surface area contributed by atoms with Gasteiger partial charge in [0.25, 0.3) is 0 Å². The van der Waals surface area contributed by atoms with Crippen LogP contribution in [0.2, 0.25) is 0 Å². The molecular weight excluding hydrogens is 300 g/mol. The van der Waals surface area contributed by atoms with Crippen LogP contribution in [0.25, 0.3) is 0 Å². The van der Waals surface area contributed by atoms with Crippen LogP contribution in [0.1, 0.15) is 44.0 Å². The first-order chi connectivity index (χ1) is 11.0. The third-order valence-corrected chi connectivity index (χ3v) is 4.34. The summed E-state index contributed by atoms with van der Waals surface area (Å²) in [6.45, 7) is 5.74. The van der Waals surface area contributed by atoms with Crippen molar-refractivity contribution in [2.75, 3.05) is 18.0 Å². The number of anilines is 1. The molecule has 0 aliphatic carbocycles. The first-order valence-electron chi connectivity index (χ1n) is 8.05. The smallest absolute Gasteiger partial charge is 0.324 e. The Bertz CT molecular complexity index is 664. The minimum atomic E-state index is -0.791. The summed E-state index contributed by atoms with van der Waals surface area (Å²) in [4.78, 5) is 6.52. The Morgan fingerprint density at radius 3 is 2.57 bits per heavy atom. The molecule has 0 atom stereocenters. The number of piperidine rings is 1. The minimum Gasteiger partial charge on any atom is -0.324 e. The molecule has 0 radical (unpaired) electrons. The Morgan fingerprint density at radius 2 is 1.96 bits per heavy atom. The molecule has 4 nitrogen and oxygen atoms in total. The van der Waals surface area contributed by atoms with Gasteiger partial charge < -0.3 is 9.42 Å². The van der Waals surface area contributed by atoms with Crippen LogP contribution < -0.4 is 4.90 Å². The molecule has 1 aliphatic heterocycles. The molecule has 0 N–H and O–H groups in total. The lowest BCUT2D eigenvalue weighted by Crippen LogP contribution is -2.34. The van der Waals surface area contributed by atoms with Gasteiger partial charge in [-0.1, -0.05) is 25.1 Å². The van der Waals surface area contributed by atoms with Gasteiger partial charge in [0.05, 0.1) is 0 Å². The summed E-state index contributed by atoms with van der Waals surface area (Å²) in [5, 5.41) is 3.99. The fourth-order valence-electron chi connectivity index (χ4n) is 2.92. The second-order valence-corrected chi connectivity index (χ2v) is 6.47. The van der Waals surface area contributed by atoms with Crippen LogP contribution >= 0.6 is 0 Å². The molecule has 0 saturated carbocycles. The van der Waals surface area contributed by atoms with E-state index in [1.165, 1.54) is 12.1 Å². The predicted octanol–water partition coefficient (Wildman–Crippen LogP) is 3.93. The van der Waals surface area contributed by atoms with E-state index in [0.29, 0.717) is 11.9 Å². The van der Waals surface area contributed by atoms with Crippen molar-refractivity contribution in [1.82, 2.24) is 10.1 Å². The van der Waals surface area contributed by atoms with Gasteiger partial charge >= 0.3 is 6.01 Å². The van der Waals surface area contributed by atoms with Crippen LogP contribution in [0.15, 0.2) is 22.7 Å². The molecule has 0 bridgehead atoms. The fraction of sp³-hybridized carbons (Fsp3) is 0.529. The zero-order chi connectivity index (χ0) is 16.4. The first-order valence-corrected chi connectivity index (χ1v) is 8.05. The molecule has 3 rings (SSSR count). The van der Waals surface area contributed by atoms with Crippen molar-refractivity contribution in [3.05, 3.63) is 41.2 Å². The number of halogens is 2. The van der Waals surface area contributed by atoms with Crippen LogP contribution in [0.3, 0.4) is 0 Å². The quantitative estimate of drug-likeness (QED) is 0.855. The zero-order valence-electron chi connectivity index (χ0n) is 13.4. The molecule has 1 aromatic carbocycles. The predicted molar refractivity (Wildman–Crippen MR) is 83.4 cm³/mol. The molecule has 1 saturated heterocycles. The van der Waals surface area contributed by atoms with Gasteiger partial charge in [0.2, 0.25) is 0 Å². The van der Waals surface area contributed by atoms with Gasteiger partial charge in [0.15, 0.2) is 17.5 Å². The molecule has 6 heteroatoms. The third-order valence-electron chi connectivity index (χ3n) is 4.34. The number of aromatic nitrogens is 2.